The Kier molecular flexibility index (Phi) is 4.07. The molecule has 0 aliphatic rings. The van der Waals surface area contributed by atoms with Crippen LogP contribution in [0.4, 0.5) is 5.69 Å². The summed E-state index contributed by atoms with van der Waals surface area (Å²) in [6.45, 7) is 0. The zero-order valence-corrected chi connectivity index (χ0v) is 15.6. The van der Waals surface area contributed by atoms with Crippen molar-refractivity contribution in [3.8, 4) is 22.3 Å². The fourth-order valence-corrected chi connectivity index (χ4v) is 3.83. The van der Waals surface area contributed by atoms with Gasteiger partial charge in [0.1, 0.15) is 0 Å². The van der Waals surface area contributed by atoms with Crippen molar-refractivity contribution in [2.45, 2.75) is 0 Å². The summed E-state index contributed by atoms with van der Waals surface area (Å²) in [7, 11) is 0. The van der Waals surface area contributed by atoms with Gasteiger partial charge in [0.05, 0.1) is 10.5 Å². The van der Waals surface area contributed by atoms with Crippen molar-refractivity contribution in [1.82, 2.24) is 0 Å². The van der Waals surface area contributed by atoms with Gasteiger partial charge in [-0.1, -0.05) is 78.9 Å². The molecule has 0 heterocycles. The number of hydrogen-bond acceptors (Lipinski definition) is 2. The molecule has 3 heteroatoms. The fraction of sp³-hybridized carbons (Fsp3) is 0. The third-order valence-electron chi connectivity index (χ3n) is 5.34. The molecule has 5 aromatic carbocycles. The summed E-state index contributed by atoms with van der Waals surface area (Å²) >= 11 is 0. The highest BCUT2D eigenvalue weighted by Gasteiger charge is 2.17. The quantitative estimate of drug-likeness (QED) is 0.246. The van der Waals surface area contributed by atoms with Crippen molar-refractivity contribution < 1.29 is 4.92 Å². The Hall–Kier alpha value is -3.98. The lowest BCUT2D eigenvalue weighted by atomic mass is 9.95. The third kappa shape index (κ3) is 3.13. The van der Waals surface area contributed by atoms with Crippen LogP contribution in [0, 0.1) is 10.1 Å². The van der Waals surface area contributed by atoms with Gasteiger partial charge in [-0.2, -0.15) is 0 Å². The average Bonchev–Trinajstić information content (AvgIpc) is 2.78. The summed E-state index contributed by atoms with van der Waals surface area (Å²) in [6.07, 6.45) is 0. The second-order valence-electron chi connectivity index (χ2n) is 7.11. The molecule has 0 spiro atoms. The maximum absolute atomic E-state index is 11.9. The van der Waals surface area contributed by atoms with Crippen molar-refractivity contribution in [2.24, 2.45) is 0 Å². The first kappa shape index (κ1) is 17.1. The number of nitro benzene ring substituents is 1. The van der Waals surface area contributed by atoms with Gasteiger partial charge in [-0.15, -0.1) is 0 Å². The van der Waals surface area contributed by atoms with Crippen LogP contribution < -0.4 is 0 Å². The Morgan fingerprint density at radius 2 is 1.00 bits per heavy atom. The summed E-state index contributed by atoms with van der Waals surface area (Å²) in [4.78, 5) is 11.6. The summed E-state index contributed by atoms with van der Waals surface area (Å²) in [5, 5.41) is 16.3. The van der Waals surface area contributed by atoms with Gasteiger partial charge in [0.15, 0.2) is 0 Å². The second kappa shape index (κ2) is 6.88. The molecular weight excluding hydrogens is 358 g/mol. The van der Waals surface area contributed by atoms with Crippen LogP contribution >= 0.6 is 0 Å². The molecule has 0 radical (unpaired) electrons. The van der Waals surface area contributed by atoms with Crippen molar-refractivity contribution >= 4 is 27.2 Å². The highest BCUT2D eigenvalue weighted by molar-refractivity contribution is 5.91. The highest BCUT2D eigenvalue weighted by atomic mass is 16.6. The fourth-order valence-electron chi connectivity index (χ4n) is 3.83. The number of hydrogen-bond donors (Lipinski definition) is 0. The lowest BCUT2D eigenvalue weighted by Crippen LogP contribution is -1.93. The first-order chi connectivity index (χ1) is 14.2. The summed E-state index contributed by atoms with van der Waals surface area (Å²) in [5.41, 5.74) is 3.40. The number of rotatable bonds is 3. The Labute approximate surface area is 168 Å². The predicted molar refractivity (Wildman–Crippen MR) is 119 cm³/mol. The van der Waals surface area contributed by atoms with Crippen LogP contribution in [0.3, 0.4) is 0 Å². The molecule has 0 fully saturated rings. The van der Waals surface area contributed by atoms with E-state index in [0.29, 0.717) is 5.56 Å². The number of benzene rings is 5. The summed E-state index contributed by atoms with van der Waals surface area (Å²) in [6, 6.07) is 33.7. The van der Waals surface area contributed by atoms with E-state index < -0.39 is 0 Å². The van der Waals surface area contributed by atoms with Gasteiger partial charge in [0.2, 0.25) is 0 Å². The lowest BCUT2D eigenvalue weighted by molar-refractivity contribution is -0.384. The maximum Gasteiger partial charge on any atom is 0.277 e. The van der Waals surface area contributed by atoms with Crippen LogP contribution in [0.1, 0.15) is 0 Å². The first-order valence-electron chi connectivity index (χ1n) is 9.46. The third-order valence-corrected chi connectivity index (χ3v) is 5.34. The van der Waals surface area contributed by atoms with Crippen LogP contribution in [0.2, 0.25) is 0 Å². The Morgan fingerprint density at radius 1 is 0.517 bits per heavy atom. The van der Waals surface area contributed by atoms with E-state index in [9.17, 15) is 10.1 Å². The molecule has 0 aromatic heterocycles. The molecular formula is C26H17NO2. The molecule has 0 bridgehead atoms. The zero-order valence-electron chi connectivity index (χ0n) is 15.6. The Bertz CT molecular complexity index is 1390. The lowest BCUT2D eigenvalue weighted by Gasteiger charge is -2.09. The standard InChI is InChI=1S/C26H17NO2/c28-27(29)26-17-23(22-11-9-18-5-1-3-7-20(18)15-22)13-14-25(26)24-12-10-19-6-2-4-8-21(19)16-24/h1-17H. The minimum absolute atomic E-state index is 0.117. The van der Waals surface area contributed by atoms with Gasteiger partial charge >= 0.3 is 0 Å². The molecule has 0 unspecified atom stereocenters. The number of fused-ring (bicyclic) bond motifs is 2. The van der Waals surface area contributed by atoms with E-state index in [0.717, 1.165) is 38.2 Å². The molecule has 29 heavy (non-hydrogen) atoms. The first-order valence-corrected chi connectivity index (χ1v) is 9.46. The van der Waals surface area contributed by atoms with Gasteiger partial charge < -0.3 is 0 Å². The summed E-state index contributed by atoms with van der Waals surface area (Å²) in [5.74, 6) is 0. The molecule has 0 saturated carbocycles. The predicted octanol–water partition coefficient (Wildman–Crippen LogP) is 7.24. The summed E-state index contributed by atoms with van der Waals surface area (Å²) < 4.78 is 0. The average molecular weight is 375 g/mol. The van der Waals surface area contributed by atoms with E-state index in [2.05, 4.69) is 18.2 Å². The monoisotopic (exact) mass is 375 g/mol. The maximum atomic E-state index is 11.9. The van der Waals surface area contributed by atoms with Crippen LogP contribution in [0.15, 0.2) is 103 Å². The van der Waals surface area contributed by atoms with Crippen molar-refractivity contribution in [2.75, 3.05) is 0 Å². The molecule has 138 valence electrons. The van der Waals surface area contributed by atoms with E-state index >= 15 is 0 Å². The number of nitro groups is 1. The van der Waals surface area contributed by atoms with Crippen molar-refractivity contribution in [3.63, 3.8) is 0 Å². The molecule has 0 N–H and O–H groups in total. The van der Waals surface area contributed by atoms with Gasteiger partial charge in [-0.05, 0) is 56.4 Å². The van der Waals surface area contributed by atoms with Gasteiger partial charge in [0, 0.05) is 6.07 Å². The molecule has 5 aromatic rings. The van der Waals surface area contributed by atoms with Crippen LogP contribution in [0.25, 0.3) is 43.8 Å². The normalized spacial score (nSPS) is 11.0. The van der Waals surface area contributed by atoms with Crippen molar-refractivity contribution in [3.05, 3.63) is 113 Å². The van der Waals surface area contributed by atoms with Gasteiger partial charge in [0.25, 0.3) is 5.69 Å². The van der Waals surface area contributed by atoms with Crippen molar-refractivity contribution in [1.29, 1.82) is 0 Å². The van der Waals surface area contributed by atoms with Crippen LogP contribution in [-0.4, -0.2) is 4.92 Å². The molecule has 3 nitrogen and oxygen atoms in total. The van der Waals surface area contributed by atoms with E-state index in [1.54, 1.807) is 6.07 Å². The highest BCUT2D eigenvalue weighted by Crippen LogP contribution is 2.36. The SMILES string of the molecule is O=[N+]([O-])c1cc(-c2ccc3ccccc3c2)ccc1-c1ccc2ccccc2c1. The second-order valence-corrected chi connectivity index (χ2v) is 7.11. The van der Waals surface area contributed by atoms with E-state index in [-0.39, 0.29) is 10.6 Å². The molecule has 0 aliphatic heterocycles. The van der Waals surface area contributed by atoms with E-state index in [4.69, 9.17) is 0 Å². The molecule has 0 aliphatic carbocycles. The minimum atomic E-state index is -0.297. The molecule has 0 saturated heterocycles. The van der Waals surface area contributed by atoms with E-state index in [1.807, 2.05) is 78.9 Å². The minimum Gasteiger partial charge on any atom is -0.258 e. The van der Waals surface area contributed by atoms with Gasteiger partial charge in [-0.25, -0.2) is 0 Å². The molecule has 0 atom stereocenters. The number of nitrogens with zero attached hydrogens (tertiary/aromatic N) is 1. The van der Waals surface area contributed by atoms with Gasteiger partial charge in [-0.3, -0.25) is 10.1 Å². The largest absolute Gasteiger partial charge is 0.277 e. The Morgan fingerprint density at radius 3 is 1.62 bits per heavy atom. The smallest absolute Gasteiger partial charge is 0.258 e. The van der Waals surface area contributed by atoms with E-state index in [1.165, 1.54) is 0 Å². The van der Waals surface area contributed by atoms with Crippen LogP contribution in [0.5, 0.6) is 0 Å². The molecule has 0 amide bonds. The molecule has 5 rings (SSSR count). The van der Waals surface area contributed by atoms with Crippen LogP contribution in [-0.2, 0) is 0 Å². The topological polar surface area (TPSA) is 43.1 Å². The Balaban J connectivity index is 1.64. The zero-order chi connectivity index (χ0) is 19.8.